The first-order valence-corrected chi connectivity index (χ1v) is 8.46. The van der Waals surface area contributed by atoms with Gasteiger partial charge < -0.3 is 9.47 Å². The second-order valence-electron chi connectivity index (χ2n) is 5.01. The number of sulfonamides is 1. The van der Waals surface area contributed by atoms with E-state index in [0.29, 0.717) is 0 Å². The van der Waals surface area contributed by atoms with Gasteiger partial charge in [-0.2, -0.15) is 0 Å². The van der Waals surface area contributed by atoms with Crippen molar-refractivity contribution in [2.24, 2.45) is 0 Å². The van der Waals surface area contributed by atoms with Crippen molar-refractivity contribution in [3.8, 4) is 5.75 Å². The Bertz CT molecular complexity index is 570. The predicted octanol–water partition coefficient (Wildman–Crippen LogP) is 2.07. The van der Waals surface area contributed by atoms with Crippen molar-refractivity contribution in [2.45, 2.75) is 36.7 Å². The average molecular weight is 317 g/mol. The summed E-state index contributed by atoms with van der Waals surface area (Å²) in [6.07, 6.45) is 4.03. The lowest BCUT2D eigenvalue weighted by atomic mass is 10.3. The molecule has 1 saturated carbocycles. The van der Waals surface area contributed by atoms with E-state index in [2.05, 4.69) is 4.72 Å². The van der Waals surface area contributed by atoms with Gasteiger partial charge in [0.2, 0.25) is 10.0 Å². The molecule has 0 amide bonds. The monoisotopic (exact) mass is 317 g/mol. The molecule has 1 aliphatic rings. The van der Waals surface area contributed by atoms with Gasteiger partial charge in [-0.25, -0.2) is 17.5 Å². The molecular formula is C14H20FNO4S. The van der Waals surface area contributed by atoms with Crippen LogP contribution in [0.3, 0.4) is 0 Å². The van der Waals surface area contributed by atoms with E-state index in [1.54, 1.807) is 0 Å². The molecule has 118 valence electrons. The lowest BCUT2D eigenvalue weighted by molar-refractivity contribution is 0.200. The lowest BCUT2D eigenvalue weighted by Gasteiger charge is -2.14. The van der Waals surface area contributed by atoms with Crippen LogP contribution in [-0.4, -0.2) is 34.8 Å². The number of halogens is 1. The van der Waals surface area contributed by atoms with Crippen molar-refractivity contribution in [1.82, 2.24) is 4.72 Å². The SMILES string of the molecule is COCCNS(=O)(=O)c1ccc(OC2CCCC2)c(F)c1. The second kappa shape index (κ2) is 7.20. The molecule has 1 N–H and O–H groups in total. The fraction of sp³-hybridized carbons (Fsp3) is 0.571. The molecule has 1 aromatic carbocycles. The highest BCUT2D eigenvalue weighted by molar-refractivity contribution is 7.89. The van der Waals surface area contributed by atoms with Gasteiger partial charge in [0.1, 0.15) is 0 Å². The van der Waals surface area contributed by atoms with Gasteiger partial charge in [-0.1, -0.05) is 0 Å². The zero-order chi connectivity index (χ0) is 15.3. The molecule has 7 heteroatoms. The first kappa shape index (κ1) is 16.2. The summed E-state index contributed by atoms with van der Waals surface area (Å²) in [5.74, 6) is -0.547. The standard InChI is InChI=1S/C14H20FNO4S/c1-19-9-8-16-21(17,18)12-6-7-14(13(15)10-12)20-11-4-2-3-5-11/h6-7,10-11,16H,2-5,8-9H2,1H3. The molecule has 0 bridgehead atoms. The largest absolute Gasteiger partial charge is 0.487 e. The van der Waals surface area contributed by atoms with E-state index in [-0.39, 0.29) is 29.9 Å². The van der Waals surface area contributed by atoms with Crippen molar-refractivity contribution >= 4 is 10.0 Å². The minimum absolute atomic E-state index is 0.0294. The Balaban J connectivity index is 2.06. The quantitative estimate of drug-likeness (QED) is 0.782. The molecule has 1 fully saturated rings. The molecule has 1 aliphatic carbocycles. The number of hydrogen-bond donors (Lipinski definition) is 1. The van der Waals surface area contributed by atoms with Crippen molar-refractivity contribution in [2.75, 3.05) is 20.3 Å². The van der Waals surface area contributed by atoms with E-state index in [4.69, 9.17) is 9.47 Å². The zero-order valence-corrected chi connectivity index (χ0v) is 12.8. The van der Waals surface area contributed by atoms with Gasteiger partial charge in [0, 0.05) is 13.7 Å². The Kier molecular flexibility index (Phi) is 5.55. The molecule has 0 spiro atoms. The summed E-state index contributed by atoms with van der Waals surface area (Å²) >= 11 is 0. The van der Waals surface area contributed by atoms with E-state index in [1.165, 1.54) is 19.2 Å². The van der Waals surface area contributed by atoms with Crippen LogP contribution >= 0.6 is 0 Å². The smallest absolute Gasteiger partial charge is 0.240 e. The zero-order valence-electron chi connectivity index (χ0n) is 12.0. The topological polar surface area (TPSA) is 64.6 Å². The van der Waals surface area contributed by atoms with Crippen LogP contribution in [0, 0.1) is 5.82 Å². The molecule has 0 radical (unpaired) electrons. The summed E-state index contributed by atoms with van der Waals surface area (Å²) in [7, 11) is -2.25. The van der Waals surface area contributed by atoms with Crippen molar-refractivity contribution in [3.63, 3.8) is 0 Å². The first-order valence-electron chi connectivity index (χ1n) is 6.98. The summed E-state index contributed by atoms with van der Waals surface area (Å²) in [6.45, 7) is 0.394. The van der Waals surface area contributed by atoms with Crippen LogP contribution in [0.5, 0.6) is 5.75 Å². The van der Waals surface area contributed by atoms with Crippen LogP contribution < -0.4 is 9.46 Å². The molecular weight excluding hydrogens is 297 g/mol. The Morgan fingerprint density at radius 2 is 2.05 bits per heavy atom. The van der Waals surface area contributed by atoms with Gasteiger partial charge in [0.25, 0.3) is 0 Å². The predicted molar refractivity (Wildman–Crippen MR) is 76.3 cm³/mol. The maximum Gasteiger partial charge on any atom is 0.240 e. The molecule has 0 aliphatic heterocycles. The highest BCUT2D eigenvalue weighted by Crippen LogP contribution is 2.27. The molecule has 0 atom stereocenters. The third-order valence-corrected chi connectivity index (χ3v) is 4.87. The van der Waals surface area contributed by atoms with Gasteiger partial charge in [-0.05, 0) is 43.9 Å². The Hall–Kier alpha value is -1.18. The van der Waals surface area contributed by atoms with Gasteiger partial charge in [-0.3, -0.25) is 0 Å². The Labute approximate surface area is 124 Å². The number of benzene rings is 1. The lowest BCUT2D eigenvalue weighted by Crippen LogP contribution is -2.27. The summed E-state index contributed by atoms with van der Waals surface area (Å²) in [6, 6.07) is 3.71. The summed E-state index contributed by atoms with van der Waals surface area (Å²) < 4.78 is 50.5. The van der Waals surface area contributed by atoms with Crippen LogP contribution in [0.15, 0.2) is 23.1 Å². The summed E-state index contributed by atoms with van der Waals surface area (Å²) in [5.41, 5.74) is 0. The maximum atomic E-state index is 14.0. The number of rotatable bonds is 7. The molecule has 5 nitrogen and oxygen atoms in total. The van der Waals surface area contributed by atoms with Crippen LogP contribution in [0.4, 0.5) is 4.39 Å². The summed E-state index contributed by atoms with van der Waals surface area (Å²) in [5, 5.41) is 0. The highest BCUT2D eigenvalue weighted by Gasteiger charge is 2.20. The van der Waals surface area contributed by atoms with Crippen LogP contribution in [0.2, 0.25) is 0 Å². The Morgan fingerprint density at radius 3 is 2.67 bits per heavy atom. The van der Waals surface area contributed by atoms with Crippen LogP contribution in [0.25, 0.3) is 0 Å². The maximum absolute atomic E-state index is 14.0. The van der Waals surface area contributed by atoms with Gasteiger partial charge >= 0.3 is 0 Å². The van der Waals surface area contributed by atoms with E-state index in [0.717, 1.165) is 31.7 Å². The van der Waals surface area contributed by atoms with Gasteiger partial charge in [0.05, 0.1) is 17.6 Å². The first-order chi connectivity index (χ1) is 10.0. The molecule has 1 aromatic rings. The fourth-order valence-corrected chi connectivity index (χ4v) is 3.32. The van der Waals surface area contributed by atoms with Crippen LogP contribution in [-0.2, 0) is 14.8 Å². The minimum Gasteiger partial charge on any atom is -0.487 e. The van der Waals surface area contributed by atoms with Crippen molar-refractivity contribution in [3.05, 3.63) is 24.0 Å². The van der Waals surface area contributed by atoms with E-state index in [1.807, 2.05) is 0 Å². The number of hydrogen-bond acceptors (Lipinski definition) is 4. The van der Waals surface area contributed by atoms with E-state index < -0.39 is 15.8 Å². The van der Waals surface area contributed by atoms with Crippen LogP contribution in [0.1, 0.15) is 25.7 Å². The number of ether oxygens (including phenoxy) is 2. The highest BCUT2D eigenvalue weighted by atomic mass is 32.2. The second-order valence-corrected chi connectivity index (χ2v) is 6.77. The molecule has 2 rings (SSSR count). The summed E-state index contributed by atoms with van der Waals surface area (Å²) in [4.78, 5) is -0.116. The van der Waals surface area contributed by atoms with E-state index in [9.17, 15) is 12.8 Å². The van der Waals surface area contributed by atoms with E-state index >= 15 is 0 Å². The molecule has 0 heterocycles. The average Bonchev–Trinajstić information content (AvgIpc) is 2.94. The third-order valence-electron chi connectivity index (χ3n) is 3.41. The molecule has 21 heavy (non-hydrogen) atoms. The third kappa shape index (κ3) is 4.39. The molecule has 0 aromatic heterocycles. The molecule has 0 unspecified atom stereocenters. The normalized spacial score (nSPS) is 16.3. The van der Waals surface area contributed by atoms with Crippen molar-refractivity contribution in [1.29, 1.82) is 0 Å². The van der Waals surface area contributed by atoms with Gasteiger partial charge in [-0.15, -0.1) is 0 Å². The number of nitrogens with one attached hydrogen (secondary N) is 1. The molecule has 0 saturated heterocycles. The number of methoxy groups -OCH3 is 1. The minimum atomic E-state index is -3.72. The Morgan fingerprint density at radius 1 is 1.33 bits per heavy atom. The fourth-order valence-electron chi connectivity index (χ4n) is 2.29. The van der Waals surface area contributed by atoms with Gasteiger partial charge in [0.15, 0.2) is 11.6 Å². The van der Waals surface area contributed by atoms with Crippen molar-refractivity contribution < 1.29 is 22.3 Å².